The van der Waals surface area contributed by atoms with Crippen LogP contribution in [-0.2, 0) is 11.2 Å². The Hall–Kier alpha value is -1.31. The molecule has 7 heteroatoms. The van der Waals surface area contributed by atoms with E-state index in [0.717, 1.165) is 62.1 Å². The molecular weight excluding hydrogens is 364 g/mol. The van der Waals surface area contributed by atoms with Crippen molar-refractivity contribution in [2.24, 2.45) is 0 Å². The Kier molecular flexibility index (Phi) is 9.22. The second-order valence-electron chi connectivity index (χ2n) is 6.40. The molecule has 144 valence electrons. The number of nitrogens with one attached hydrogen (secondary N) is 2. The number of carbonyl (C=O) groups is 1. The van der Waals surface area contributed by atoms with Gasteiger partial charge >= 0.3 is 0 Å². The first kappa shape index (κ1) is 21.0. The summed E-state index contributed by atoms with van der Waals surface area (Å²) in [6.45, 7) is 6.91. The molecule has 1 fully saturated rings. The van der Waals surface area contributed by atoms with Gasteiger partial charge in [0, 0.05) is 38.4 Å². The van der Waals surface area contributed by atoms with Crippen molar-refractivity contribution in [1.29, 1.82) is 0 Å². The number of hydrogen-bond donors (Lipinski definition) is 2. The average molecular weight is 395 g/mol. The predicted octanol–water partition coefficient (Wildman–Crippen LogP) is 2.43. The van der Waals surface area contributed by atoms with Crippen molar-refractivity contribution in [3.05, 3.63) is 29.8 Å². The van der Waals surface area contributed by atoms with Gasteiger partial charge in [-0.25, -0.2) is 0 Å². The summed E-state index contributed by atoms with van der Waals surface area (Å²) < 4.78 is 0. The molecule has 26 heavy (non-hydrogen) atoms. The van der Waals surface area contributed by atoms with Gasteiger partial charge in [0.1, 0.15) is 0 Å². The quantitative estimate of drug-likeness (QED) is 0.522. The van der Waals surface area contributed by atoms with Gasteiger partial charge in [-0.15, -0.1) is 0 Å². The first-order valence-electron chi connectivity index (χ1n) is 9.26. The minimum Gasteiger partial charge on any atom is -0.363 e. The third-order valence-electron chi connectivity index (χ3n) is 4.50. The van der Waals surface area contributed by atoms with Gasteiger partial charge in [-0.3, -0.25) is 9.69 Å². The van der Waals surface area contributed by atoms with Crippen LogP contribution in [0.1, 0.15) is 18.9 Å². The summed E-state index contributed by atoms with van der Waals surface area (Å²) in [5.41, 5.74) is 2.10. The van der Waals surface area contributed by atoms with Crippen molar-refractivity contribution in [3.8, 4) is 0 Å². The van der Waals surface area contributed by atoms with Gasteiger partial charge in [-0.2, -0.15) is 11.8 Å². The smallest absolute Gasteiger partial charge is 0.238 e. The van der Waals surface area contributed by atoms with Crippen LogP contribution >= 0.6 is 24.0 Å². The Morgan fingerprint density at radius 2 is 1.96 bits per heavy atom. The number of piperazine rings is 1. The number of aryl methyl sites for hydroxylation is 1. The molecule has 1 aromatic rings. The lowest BCUT2D eigenvalue weighted by atomic mass is 10.1. The Morgan fingerprint density at radius 1 is 1.23 bits per heavy atom. The number of para-hydroxylation sites is 1. The molecular formula is C19H30N4OS2. The van der Waals surface area contributed by atoms with Gasteiger partial charge in [-0.05, 0) is 48.7 Å². The summed E-state index contributed by atoms with van der Waals surface area (Å²) in [6, 6.07) is 7.99. The van der Waals surface area contributed by atoms with E-state index in [-0.39, 0.29) is 5.91 Å². The van der Waals surface area contributed by atoms with E-state index >= 15 is 0 Å². The number of hydrogen-bond acceptors (Lipinski definition) is 4. The number of benzene rings is 1. The fourth-order valence-electron chi connectivity index (χ4n) is 2.98. The van der Waals surface area contributed by atoms with Crippen molar-refractivity contribution < 1.29 is 4.79 Å². The SMILES string of the molecule is CCc1ccccc1NC(=O)CN1CCN(C(=S)NCCCSC)CC1. The van der Waals surface area contributed by atoms with E-state index in [4.69, 9.17) is 12.2 Å². The van der Waals surface area contributed by atoms with E-state index < -0.39 is 0 Å². The molecule has 0 aromatic heterocycles. The van der Waals surface area contributed by atoms with E-state index in [0.29, 0.717) is 6.54 Å². The van der Waals surface area contributed by atoms with Crippen LogP contribution in [0.2, 0.25) is 0 Å². The highest BCUT2D eigenvalue weighted by Crippen LogP contribution is 2.15. The molecule has 1 aliphatic rings. The van der Waals surface area contributed by atoms with Crippen LogP contribution in [0.15, 0.2) is 24.3 Å². The van der Waals surface area contributed by atoms with Crippen molar-refractivity contribution in [2.75, 3.05) is 56.6 Å². The summed E-state index contributed by atoms with van der Waals surface area (Å²) in [6.07, 6.45) is 4.16. The highest BCUT2D eigenvalue weighted by Gasteiger charge is 2.20. The van der Waals surface area contributed by atoms with Crippen molar-refractivity contribution in [2.45, 2.75) is 19.8 Å². The standard InChI is InChI=1S/C19H30N4OS2/c1-3-16-7-4-5-8-17(16)21-18(24)15-22-10-12-23(13-11-22)19(25)20-9-6-14-26-2/h4-5,7-8H,3,6,9-15H2,1-2H3,(H,20,25)(H,21,24). The molecule has 2 N–H and O–H groups in total. The zero-order chi connectivity index (χ0) is 18.8. The van der Waals surface area contributed by atoms with E-state index in [1.165, 1.54) is 5.56 Å². The average Bonchev–Trinajstić information content (AvgIpc) is 2.66. The molecule has 1 aromatic carbocycles. The summed E-state index contributed by atoms with van der Waals surface area (Å²) >= 11 is 7.33. The van der Waals surface area contributed by atoms with Gasteiger partial charge in [0.15, 0.2) is 5.11 Å². The van der Waals surface area contributed by atoms with Gasteiger partial charge in [0.2, 0.25) is 5.91 Å². The number of anilines is 1. The van der Waals surface area contributed by atoms with Crippen LogP contribution in [-0.4, -0.2) is 72.1 Å². The zero-order valence-corrected chi connectivity index (χ0v) is 17.4. The third-order valence-corrected chi connectivity index (χ3v) is 5.60. The third kappa shape index (κ3) is 6.78. The van der Waals surface area contributed by atoms with Gasteiger partial charge in [0.05, 0.1) is 6.54 Å². The Labute approximate surface area is 166 Å². The Morgan fingerprint density at radius 3 is 2.65 bits per heavy atom. The number of thioether (sulfide) groups is 1. The zero-order valence-electron chi connectivity index (χ0n) is 15.8. The van der Waals surface area contributed by atoms with Crippen LogP contribution in [0.3, 0.4) is 0 Å². The first-order valence-corrected chi connectivity index (χ1v) is 11.1. The Bertz CT molecular complexity index is 589. The second-order valence-corrected chi connectivity index (χ2v) is 7.77. The second kappa shape index (κ2) is 11.4. The number of nitrogens with zero attached hydrogens (tertiary/aromatic N) is 2. The number of rotatable bonds is 8. The molecule has 0 spiro atoms. The number of amides is 1. The largest absolute Gasteiger partial charge is 0.363 e. The lowest BCUT2D eigenvalue weighted by molar-refractivity contribution is -0.117. The molecule has 5 nitrogen and oxygen atoms in total. The molecule has 1 heterocycles. The lowest BCUT2D eigenvalue weighted by Gasteiger charge is -2.35. The lowest BCUT2D eigenvalue weighted by Crippen LogP contribution is -2.53. The maximum Gasteiger partial charge on any atom is 0.238 e. The molecule has 1 aliphatic heterocycles. The maximum absolute atomic E-state index is 12.4. The summed E-state index contributed by atoms with van der Waals surface area (Å²) in [7, 11) is 0. The minimum atomic E-state index is 0.0529. The van der Waals surface area contributed by atoms with Crippen molar-refractivity contribution in [1.82, 2.24) is 15.1 Å². The number of carbonyl (C=O) groups excluding carboxylic acids is 1. The molecule has 0 saturated carbocycles. The molecule has 0 unspecified atom stereocenters. The van der Waals surface area contributed by atoms with Crippen LogP contribution in [0.5, 0.6) is 0 Å². The summed E-state index contributed by atoms with van der Waals surface area (Å²) in [5, 5.41) is 7.22. The van der Waals surface area contributed by atoms with Crippen molar-refractivity contribution >= 4 is 40.7 Å². The molecule has 0 aliphatic carbocycles. The molecule has 0 atom stereocenters. The van der Waals surface area contributed by atoms with Crippen molar-refractivity contribution in [3.63, 3.8) is 0 Å². The van der Waals surface area contributed by atoms with E-state index in [2.05, 4.69) is 39.7 Å². The van der Waals surface area contributed by atoms with Gasteiger partial charge < -0.3 is 15.5 Å². The summed E-state index contributed by atoms with van der Waals surface area (Å²) in [4.78, 5) is 16.8. The van der Waals surface area contributed by atoms with Gasteiger partial charge in [-0.1, -0.05) is 25.1 Å². The monoisotopic (exact) mass is 394 g/mol. The van der Waals surface area contributed by atoms with E-state index in [9.17, 15) is 4.79 Å². The van der Waals surface area contributed by atoms with Crippen LogP contribution < -0.4 is 10.6 Å². The fraction of sp³-hybridized carbons (Fsp3) is 0.579. The normalized spacial score (nSPS) is 14.9. The summed E-state index contributed by atoms with van der Waals surface area (Å²) in [5.74, 6) is 1.21. The highest BCUT2D eigenvalue weighted by atomic mass is 32.2. The maximum atomic E-state index is 12.4. The van der Waals surface area contributed by atoms with Crippen LogP contribution in [0, 0.1) is 0 Å². The van der Waals surface area contributed by atoms with E-state index in [1.807, 2.05) is 30.0 Å². The molecule has 1 amide bonds. The number of thiocarbonyl (C=S) groups is 1. The molecule has 1 saturated heterocycles. The molecule has 2 rings (SSSR count). The highest BCUT2D eigenvalue weighted by molar-refractivity contribution is 7.98. The van der Waals surface area contributed by atoms with Crippen LogP contribution in [0.4, 0.5) is 5.69 Å². The van der Waals surface area contributed by atoms with E-state index in [1.54, 1.807) is 0 Å². The van der Waals surface area contributed by atoms with Crippen LogP contribution in [0.25, 0.3) is 0 Å². The van der Waals surface area contributed by atoms with Gasteiger partial charge in [0.25, 0.3) is 0 Å². The Balaban J connectivity index is 1.71. The topological polar surface area (TPSA) is 47.6 Å². The minimum absolute atomic E-state index is 0.0529. The first-order chi connectivity index (χ1) is 12.6. The fourth-order valence-corrected chi connectivity index (χ4v) is 3.69. The predicted molar refractivity (Wildman–Crippen MR) is 116 cm³/mol. The molecule has 0 radical (unpaired) electrons. The molecule has 0 bridgehead atoms.